The van der Waals surface area contributed by atoms with Crippen LogP contribution in [0.3, 0.4) is 0 Å². The van der Waals surface area contributed by atoms with Crippen molar-refractivity contribution in [3.63, 3.8) is 0 Å². The Morgan fingerprint density at radius 2 is 1.57 bits per heavy atom. The number of carbonyl (C=O) groups is 5. The van der Waals surface area contributed by atoms with Crippen molar-refractivity contribution < 1.29 is 28.7 Å². The number of hydrogen-bond acceptors (Lipinski definition) is 7. The van der Waals surface area contributed by atoms with Crippen LogP contribution in [0.25, 0.3) is 0 Å². The fraction of sp³-hybridized carbons (Fsp3) is 0.645. The highest BCUT2D eigenvalue weighted by molar-refractivity contribution is 7.98. The van der Waals surface area contributed by atoms with Crippen LogP contribution in [0.5, 0.6) is 0 Å². The van der Waals surface area contributed by atoms with E-state index >= 15 is 0 Å². The number of benzene rings is 1. The Morgan fingerprint density at radius 1 is 0.900 bits per heavy atom. The van der Waals surface area contributed by atoms with E-state index in [1.54, 1.807) is 11.8 Å². The molecule has 9 heteroatoms. The Kier molecular flexibility index (Phi) is 17.1. The summed E-state index contributed by atoms with van der Waals surface area (Å²) in [6, 6.07) is 8.68. The van der Waals surface area contributed by atoms with Gasteiger partial charge in [-0.05, 0) is 55.6 Å². The summed E-state index contributed by atoms with van der Waals surface area (Å²) in [4.78, 5) is 63.7. The molecule has 0 radical (unpaired) electrons. The lowest BCUT2D eigenvalue weighted by Crippen LogP contribution is -2.46. The quantitative estimate of drug-likeness (QED) is 0.221. The number of nitrogens with one attached hydrogen (secondary N) is 2. The first kappa shape index (κ1) is 35.3. The molecule has 0 bridgehead atoms. The molecular formula is C31H48N2O6S. The molecule has 3 atom stereocenters. The average Bonchev–Trinajstić information content (AvgIpc) is 2.88. The van der Waals surface area contributed by atoms with Crippen LogP contribution < -0.4 is 10.6 Å². The second-order valence-electron chi connectivity index (χ2n) is 11.3. The van der Waals surface area contributed by atoms with E-state index in [1.807, 2.05) is 64.3 Å². The van der Waals surface area contributed by atoms with Gasteiger partial charge in [-0.1, -0.05) is 58.0 Å². The number of rotatable bonds is 20. The Labute approximate surface area is 244 Å². The number of Topliss-reactive ketones (excluding diaryl/α,β-unsaturated/α-hetero) is 2. The fourth-order valence-electron chi connectivity index (χ4n) is 4.18. The van der Waals surface area contributed by atoms with Gasteiger partial charge in [0.05, 0.1) is 19.1 Å². The first-order chi connectivity index (χ1) is 18.9. The highest BCUT2D eigenvalue weighted by atomic mass is 32.2. The minimum atomic E-state index is -0.778. The minimum absolute atomic E-state index is 0.0280. The van der Waals surface area contributed by atoms with Gasteiger partial charge in [-0.3, -0.25) is 24.0 Å². The SMILES string of the molecule is CSCCC(CC(=O)OCC(C)C)C(=O)NC(CC(C)C)C(=O)CC(Cc1ccccc1)C(=O)NCCC(C)=O. The van der Waals surface area contributed by atoms with Crippen LogP contribution >= 0.6 is 11.8 Å². The van der Waals surface area contributed by atoms with E-state index in [1.165, 1.54) is 6.92 Å². The van der Waals surface area contributed by atoms with Gasteiger partial charge in [0, 0.05) is 31.2 Å². The third-order valence-corrected chi connectivity index (χ3v) is 7.01. The zero-order valence-electron chi connectivity index (χ0n) is 25.0. The molecule has 0 spiro atoms. The predicted octanol–water partition coefficient (Wildman–Crippen LogP) is 4.39. The maximum Gasteiger partial charge on any atom is 0.306 e. The number of carbonyl (C=O) groups excluding carboxylic acids is 5. The van der Waals surface area contributed by atoms with Crippen molar-refractivity contribution in [2.45, 2.75) is 79.2 Å². The first-order valence-electron chi connectivity index (χ1n) is 14.2. The summed E-state index contributed by atoms with van der Waals surface area (Å²) in [6.45, 7) is 9.80. The van der Waals surface area contributed by atoms with E-state index in [-0.39, 0.29) is 61.0 Å². The highest BCUT2D eigenvalue weighted by Crippen LogP contribution is 2.19. The van der Waals surface area contributed by atoms with Crippen LogP contribution in [0.15, 0.2) is 30.3 Å². The fourth-order valence-corrected chi connectivity index (χ4v) is 4.71. The van der Waals surface area contributed by atoms with Crippen LogP contribution in [-0.2, 0) is 35.1 Å². The van der Waals surface area contributed by atoms with E-state index in [9.17, 15) is 24.0 Å². The second kappa shape index (κ2) is 19.4. The Bertz CT molecular complexity index is 950. The summed E-state index contributed by atoms with van der Waals surface area (Å²) in [5, 5.41) is 5.70. The molecule has 0 aliphatic carbocycles. The van der Waals surface area contributed by atoms with Crippen molar-refractivity contribution >= 4 is 41.1 Å². The Balaban J connectivity index is 3.05. The van der Waals surface area contributed by atoms with E-state index < -0.39 is 23.8 Å². The molecule has 0 aromatic heterocycles. The van der Waals surface area contributed by atoms with Gasteiger partial charge in [0.15, 0.2) is 5.78 Å². The van der Waals surface area contributed by atoms with Crippen LogP contribution in [-0.4, -0.2) is 60.6 Å². The third-order valence-electron chi connectivity index (χ3n) is 6.36. The highest BCUT2D eigenvalue weighted by Gasteiger charge is 2.31. The number of hydrogen-bond donors (Lipinski definition) is 2. The molecule has 2 amide bonds. The molecule has 2 N–H and O–H groups in total. The summed E-state index contributed by atoms with van der Waals surface area (Å²) >= 11 is 1.58. The largest absolute Gasteiger partial charge is 0.465 e. The molecule has 1 aromatic carbocycles. The zero-order chi connectivity index (χ0) is 30.1. The predicted molar refractivity (Wildman–Crippen MR) is 160 cm³/mol. The van der Waals surface area contributed by atoms with Gasteiger partial charge in [-0.2, -0.15) is 11.8 Å². The maximum atomic E-state index is 13.6. The van der Waals surface area contributed by atoms with E-state index in [4.69, 9.17) is 4.74 Å². The molecule has 3 unspecified atom stereocenters. The topological polar surface area (TPSA) is 119 Å². The number of ketones is 2. The van der Waals surface area contributed by atoms with Crippen LogP contribution in [0.2, 0.25) is 0 Å². The molecule has 0 heterocycles. The molecule has 0 aliphatic heterocycles. The molecule has 1 aromatic rings. The molecule has 8 nitrogen and oxygen atoms in total. The number of thioether (sulfide) groups is 1. The van der Waals surface area contributed by atoms with E-state index in [2.05, 4.69) is 10.6 Å². The third kappa shape index (κ3) is 15.2. The Morgan fingerprint density at radius 3 is 2.15 bits per heavy atom. The van der Waals surface area contributed by atoms with Crippen LogP contribution in [0, 0.1) is 23.7 Å². The lowest BCUT2D eigenvalue weighted by Gasteiger charge is -2.25. The minimum Gasteiger partial charge on any atom is -0.465 e. The molecule has 0 saturated heterocycles. The smallest absolute Gasteiger partial charge is 0.306 e. The normalized spacial score (nSPS) is 13.4. The average molecular weight is 577 g/mol. The molecule has 0 saturated carbocycles. The van der Waals surface area contributed by atoms with Gasteiger partial charge in [-0.25, -0.2) is 0 Å². The summed E-state index contributed by atoms with van der Waals surface area (Å²) in [5.74, 6) is -1.57. The summed E-state index contributed by atoms with van der Waals surface area (Å²) < 4.78 is 5.31. The van der Waals surface area contributed by atoms with Gasteiger partial charge in [0.2, 0.25) is 11.8 Å². The van der Waals surface area contributed by atoms with Crippen molar-refractivity contribution in [3.05, 3.63) is 35.9 Å². The van der Waals surface area contributed by atoms with Gasteiger partial charge in [-0.15, -0.1) is 0 Å². The second-order valence-corrected chi connectivity index (χ2v) is 12.2. The van der Waals surface area contributed by atoms with Crippen molar-refractivity contribution in [2.24, 2.45) is 23.7 Å². The standard InChI is InChI=1S/C31H48N2O6S/c1-21(2)16-27(33-31(38)25(13-15-40-6)19-29(36)39-20-22(3)4)28(35)18-26(17-24-10-8-7-9-11-24)30(37)32-14-12-23(5)34/h7-11,21-22,25-27H,12-20H2,1-6H3,(H,32,37)(H,33,38). The zero-order valence-corrected chi connectivity index (χ0v) is 25.8. The Hall–Kier alpha value is -2.68. The lowest BCUT2D eigenvalue weighted by atomic mass is 9.88. The first-order valence-corrected chi connectivity index (χ1v) is 15.6. The monoisotopic (exact) mass is 576 g/mol. The summed E-state index contributed by atoms with van der Waals surface area (Å²) in [6.07, 6.45) is 3.33. The van der Waals surface area contributed by atoms with Gasteiger partial charge < -0.3 is 15.4 Å². The maximum absolute atomic E-state index is 13.6. The number of amides is 2. The van der Waals surface area contributed by atoms with Crippen molar-refractivity contribution in [1.82, 2.24) is 10.6 Å². The lowest BCUT2D eigenvalue weighted by molar-refractivity contribution is -0.148. The molecule has 0 fully saturated rings. The molecule has 1 rings (SSSR count). The van der Waals surface area contributed by atoms with Gasteiger partial charge >= 0.3 is 5.97 Å². The summed E-state index contributed by atoms with van der Waals surface area (Å²) in [5.41, 5.74) is 0.920. The van der Waals surface area contributed by atoms with Crippen LogP contribution in [0.1, 0.15) is 72.3 Å². The molecule has 0 aliphatic rings. The van der Waals surface area contributed by atoms with Crippen molar-refractivity contribution in [2.75, 3.05) is 25.2 Å². The van der Waals surface area contributed by atoms with Gasteiger partial charge in [0.25, 0.3) is 0 Å². The van der Waals surface area contributed by atoms with Crippen molar-refractivity contribution in [1.29, 1.82) is 0 Å². The van der Waals surface area contributed by atoms with E-state index in [0.29, 0.717) is 31.6 Å². The van der Waals surface area contributed by atoms with E-state index in [0.717, 1.165) is 5.56 Å². The molecule has 40 heavy (non-hydrogen) atoms. The number of ether oxygens (including phenoxy) is 1. The molecule has 224 valence electrons. The molecular weight excluding hydrogens is 528 g/mol. The van der Waals surface area contributed by atoms with Crippen molar-refractivity contribution in [3.8, 4) is 0 Å². The van der Waals surface area contributed by atoms with Gasteiger partial charge in [0.1, 0.15) is 5.78 Å². The number of esters is 1. The van der Waals surface area contributed by atoms with Crippen LogP contribution in [0.4, 0.5) is 0 Å². The summed E-state index contributed by atoms with van der Waals surface area (Å²) in [7, 11) is 0.